The van der Waals surface area contributed by atoms with Gasteiger partial charge in [-0.15, -0.1) is 0 Å². The molecule has 0 aliphatic rings. The molecule has 0 aliphatic heterocycles. The fraction of sp³-hybridized carbons (Fsp3) is 1.00. The van der Waals surface area contributed by atoms with E-state index in [-0.39, 0.29) is 0 Å². The lowest BCUT2D eigenvalue weighted by Gasteiger charge is -2.03. The van der Waals surface area contributed by atoms with Crippen LogP contribution in [0.4, 0.5) is 0 Å². The topological polar surface area (TPSA) is 56.5 Å². The summed E-state index contributed by atoms with van der Waals surface area (Å²) in [6.07, 6.45) is 4.33. The van der Waals surface area contributed by atoms with Crippen molar-refractivity contribution in [3.8, 4) is 0 Å². The fourth-order valence-corrected chi connectivity index (χ4v) is 0.997. The van der Waals surface area contributed by atoms with Crippen LogP contribution in [0.25, 0.3) is 0 Å². The van der Waals surface area contributed by atoms with Gasteiger partial charge in [0.15, 0.2) is 0 Å². The van der Waals surface area contributed by atoms with E-state index in [2.05, 4.69) is 10.2 Å². The molecule has 13 heavy (non-hydrogen) atoms. The van der Waals surface area contributed by atoms with Gasteiger partial charge in [-0.25, -0.2) is 5.90 Å². The van der Waals surface area contributed by atoms with Gasteiger partial charge < -0.3 is 14.9 Å². The maximum atomic E-state index is 5.40. The normalized spacial score (nSPS) is 10.6. The van der Waals surface area contributed by atoms with Crippen molar-refractivity contribution in [1.82, 2.24) is 5.32 Å². The molecule has 4 heteroatoms. The van der Waals surface area contributed by atoms with Crippen LogP contribution in [0.1, 0.15) is 25.7 Å². The first-order valence-corrected chi connectivity index (χ1v) is 4.96. The van der Waals surface area contributed by atoms with Gasteiger partial charge in [-0.05, 0) is 39.3 Å². The van der Waals surface area contributed by atoms with Crippen molar-refractivity contribution in [2.75, 3.05) is 33.4 Å². The van der Waals surface area contributed by atoms with E-state index in [0.29, 0.717) is 6.61 Å². The standard InChI is InChI=1S/C9H22N2O2/c1-11-6-2-3-7-12-8-4-5-9-13-10/h11H,2-10H2,1H3. The molecule has 0 aromatic carbocycles. The van der Waals surface area contributed by atoms with Crippen LogP contribution in [0.5, 0.6) is 0 Å². The maximum Gasteiger partial charge on any atom is 0.0680 e. The highest BCUT2D eigenvalue weighted by Gasteiger charge is 1.90. The number of ether oxygens (including phenoxy) is 1. The van der Waals surface area contributed by atoms with Crippen LogP contribution >= 0.6 is 0 Å². The lowest BCUT2D eigenvalue weighted by Crippen LogP contribution is -2.09. The SMILES string of the molecule is CNCCCCOCCCCON. The first kappa shape index (κ1) is 12.8. The summed E-state index contributed by atoms with van der Waals surface area (Å²) in [7, 11) is 1.97. The minimum atomic E-state index is 0.628. The molecule has 0 radical (unpaired) electrons. The Balaban J connectivity index is 2.76. The zero-order valence-corrected chi connectivity index (χ0v) is 8.55. The second kappa shape index (κ2) is 11.8. The van der Waals surface area contributed by atoms with Crippen molar-refractivity contribution in [1.29, 1.82) is 0 Å². The van der Waals surface area contributed by atoms with Gasteiger partial charge in [-0.1, -0.05) is 0 Å². The van der Waals surface area contributed by atoms with Crippen LogP contribution in [-0.2, 0) is 9.57 Å². The largest absolute Gasteiger partial charge is 0.381 e. The minimum absolute atomic E-state index is 0.628. The van der Waals surface area contributed by atoms with Crippen molar-refractivity contribution in [2.24, 2.45) is 5.90 Å². The highest BCUT2D eigenvalue weighted by atomic mass is 16.6. The van der Waals surface area contributed by atoms with Crippen LogP contribution in [0.2, 0.25) is 0 Å². The summed E-state index contributed by atoms with van der Waals surface area (Å²) in [6.45, 7) is 3.39. The molecule has 0 spiro atoms. The number of unbranched alkanes of at least 4 members (excludes halogenated alkanes) is 2. The third-order valence-electron chi connectivity index (χ3n) is 1.77. The average molecular weight is 190 g/mol. The van der Waals surface area contributed by atoms with Gasteiger partial charge in [0.1, 0.15) is 0 Å². The van der Waals surface area contributed by atoms with Crippen LogP contribution in [-0.4, -0.2) is 33.4 Å². The van der Waals surface area contributed by atoms with Crippen LogP contribution < -0.4 is 11.2 Å². The molecule has 0 aromatic heterocycles. The van der Waals surface area contributed by atoms with E-state index < -0.39 is 0 Å². The number of nitrogens with two attached hydrogens (primary N) is 1. The number of rotatable bonds is 10. The Kier molecular flexibility index (Phi) is 11.7. The molecular weight excluding hydrogens is 168 g/mol. The van der Waals surface area contributed by atoms with Crippen molar-refractivity contribution in [3.05, 3.63) is 0 Å². The Labute approximate surface area is 80.7 Å². The summed E-state index contributed by atoms with van der Waals surface area (Å²) in [5, 5.41) is 3.10. The van der Waals surface area contributed by atoms with Crippen LogP contribution in [0.3, 0.4) is 0 Å². The molecular formula is C9H22N2O2. The quantitative estimate of drug-likeness (QED) is 0.393. The lowest BCUT2D eigenvalue weighted by molar-refractivity contribution is 0.102. The van der Waals surface area contributed by atoms with E-state index in [4.69, 9.17) is 10.6 Å². The van der Waals surface area contributed by atoms with Gasteiger partial charge in [-0.3, -0.25) is 0 Å². The maximum absolute atomic E-state index is 5.40. The molecule has 80 valence electrons. The number of hydrogen-bond donors (Lipinski definition) is 2. The van der Waals surface area contributed by atoms with E-state index in [1.165, 1.54) is 6.42 Å². The van der Waals surface area contributed by atoms with E-state index in [9.17, 15) is 0 Å². The van der Waals surface area contributed by atoms with Crippen molar-refractivity contribution >= 4 is 0 Å². The summed E-state index contributed by atoms with van der Waals surface area (Å²) in [6, 6.07) is 0. The molecule has 4 nitrogen and oxygen atoms in total. The molecule has 0 rings (SSSR count). The van der Waals surface area contributed by atoms with Crippen molar-refractivity contribution in [3.63, 3.8) is 0 Å². The van der Waals surface area contributed by atoms with Crippen molar-refractivity contribution < 1.29 is 9.57 Å². The van der Waals surface area contributed by atoms with Crippen LogP contribution in [0.15, 0.2) is 0 Å². The molecule has 0 unspecified atom stereocenters. The molecule has 0 saturated heterocycles. The Bertz CT molecular complexity index is 81.7. The van der Waals surface area contributed by atoms with E-state index >= 15 is 0 Å². The molecule has 0 heterocycles. The molecule has 0 aromatic rings. The predicted octanol–water partition coefficient (Wildman–Crippen LogP) is 0.673. The van der Waals surface area contributed by atoms with Crippen molar-refractivity contribution in [2.45, 2.75) is 25.7 Å². The number of nitrogens with one attached hydrogen (secondary N) is 1. The minimum Gasteiger partial charge on any atom is -0.381 e. The Hall–Kier alpha value is -0.160. The molecule has 0 fully saturated rings. The number of hydrogen-bond acceptors (Lipinski definition) is 4. The Morgan fingerprint density at radius 2 is 1.62 bits per heavy atom. The first-order chi connectivity index (χ1) is 6.41. The summed E-state index contributed by atoms with van der Waals surface area (Å²) in [4.78, 5) is 4.44. The van der Waals surface area contributed by atoms with E-state index in [1.807, 2.05) is 7.05 Å². The van der Waals surface area contributed by atoms with Gasteiger partial charge in [0.2, 0.25) is 0 Å². The zero-order valence-electron chi connectivity index (χ0n) is 8.55. The second-order valence-electron chi connectivity index (χ2n) is 3.00. The summed E-state index contributed by atoms with van der Waals surface area (Å²) >= 11 is 0. The summed E-state index contributed by atoms with van der Waals surface area (Å²) in [5.74, 6) is 4.88. The second-order valence-corrected chi connectivity index (χ2v) is 3.00. The van der Waals surface area contributed by atoms with E-state index in [0.717, 1.165) is 39.0 Å². The Morgan fingerprint density at radius 3 is 2.23 bits per heavy atom. The van der Waals surface area contributed by atoms with Gasteiger partial charge in [0, 0.05) is 13.2 Å². The first-order valence-electron chi connectivity index (χ1n) is 4.96. The summed E-state index contributed by atoms with van der Waals surface area (Å²) < 4.78 is 5.40. The fourth-order valence-electron chi connectivity index (χ4n) is 0.997. The molecule has 3 N–H and O–H groups in total. The monoisotopic (exact) mass is 190 g/mol. The van der Waals surface area contributed by atoms with Gasteiger partial charge in [0.05, 0.1) is 6.61 Å². The van der Waals surface area contributed by atoms with Gasteiger partial charge in [-0.2, -0.15) is 0 Å². The molecule has 0 bridgehead atoms. The van der Waals surface area contributed by atoms with Gasteiger partial charge >= 0.3 is 0 Å². The van der Waals surface area contributed by atoms with Gasteiger partial charge in [0.25, 0.3) is 0 Å². The Morgan fingerprint density at radius 1 is 1.00 bits per heavy atom. The molecule has 0 saturated carbocycles. The van der Waals surface area contributed by atoms with Crippen LogP contribution in [0, 0.1) is 0 Å². The average Bonchev–Trinajstić information content (AvgIpc) is 2.16. The van der Waals surface area contributed by atoms with E-state index in [1.54, 1.807) is 0 Å². The molecule has 0 atom stereocenters. The zero-order chi connectivity index (χ0) is 9.78. The molecule has 0 amide bonds. The summed E-state index contributed by atoms with van der Waals surface area (Å²) in [5.41, 5.74) is 0. The molecule has 0 aliphatic carbocycles. The predicted molar refractivity (Wildman–Crippen MR) is 53.4 cm³/mol. The highest BCUT2D eigenvalue weighted by Crippen LogP contribution is 1.93. The lowest BCUT2D eigenvalue weighted by atomic mass is 10.3. The highest BCUT2D eigenvalue weighted by molar-refractivity contribution is 4.42. The smallest absolute Gasteiger partial charge is 0.0680 e. The third kappa shape index (κ3) is 11.8. The third-order valence-corrected chi connectivity index (χ3v) is 1.77.